The third-order valence-corrected chi connectivity index (χ3v) is 3.00. The third kappa shape index (κ3) is 1.98. The first-order valence-electron chi connectivity index (χ1n) is 5.54. The molecule has 5 nitrogen and oxygen atoms in total. The fourth-order valence-corrected chi connectivity index (χ4v) is 2.14. The summed E-state index contributed by atoms with van der Waals surface area (Å²) in [4.78, 5) is 20.9. The van der Waals surface area contributed by atoms with E-state index < -0.39 is 5.97 Å². The van der Waals surface area contributed by atoms with E-state index in [4.69, 9.17) is 5.11 Å². The van der Waals surface area contributed by atoms with Crippen LogP contribution in [-0.4, -0.2) is 33.6 Å². The van der Waals surface area contributed by atoms with E-state index in [1.807, 2.05) is 0 Å². The van der Waals surface area contributed by atoms with Crippen LogP contribution >= 0.6 is 0 Å². The van der Waals surface area contributed by atoms with Gasteiger partial charge in [-0.3, -0.25) is 0 Å². The zero-order valence-corrected chi connectivity index (χ0v) is 9.26. The molecule has 1 N–H and O–H groups in total. The molecule has 1 atom stereocenters. The lowest BCUT2D eigenvalue weighted by atomic mass is 10.2. The number of nitrogens with zero attached hydrogens (tertiary/aromatic N) is 3. The molecule has 0 aromatic carbocycles. The van der Waals surface area contributed by atoms with E-state index in [1.54, 1.807) is 6.20 Å². The van der Waals surface area contributed by atoms with Crippen molar-refractivity contribution in [2.45, 2.75) is 32.2 Å². The zero-order valence-electron chi connectivity index (χ0n) is 9.26. The first kappa shape index (κ1) is 10.9. The van der Waals surface area contributed by atoms with E-state index in [2.05, 4.69) is 21.8 Å². The molecule has 16 heavy (non-hydrogen) atoms. The summed E-state index contributed by atoms with van der Waals surface area (Å²) in [5, 5.41) is 8.72. The van der Waals surface area contributed by atoms with Gasteiger partial charge in [0.2, 0.25) is 0 Å². The summed E-state index contributed by atoms with van der Waals surface area (Å²) in [5.74, 6) is -0.248. The Hall–Kier alpha value is -1.65. The summed E-state index contributed by atoms with van der Waals surface area (Å²) in [6, 6.07) is 0.518. The van der Waals surface area contributed by atoms with Crippen molar-refractivity contribution >= 4 is 11.8 Å². The number of rotatable bonds is 3. The van der Waals surface area contributed by atoms with Gasteiger partial charge in [-0.15, -0.1) is 0 Å². The third-order valence-electron chi connectivity index (χ3n) is 3.00. The summed E-state index contributed by atoms with van der Waals surface area (Å²) in [7, 11) is 0. The molecule has 1 fully saturated rings. The predicted molar refractivity (Wildman–Crippen MR) is 59.7 cm³/mol. The quantitative estimate of drug-likeness (QED) is 0.838. The SMILES string of the molecule is CCC1CCCN1c1cnc(C(=O)O)cn1. The van der Waals surface area contributed by atoms with Crippen LogP contribution in [-0.2, 0) is 0 Å². The molecule has 0 radical (unpaired) electrons. The second kappa shape index (κ2) is 4.47. The Morgan fingerprint density at radius 2 is 2.38 bits per heavy atom. The van der Waals surface area contributed by atoms with E-state index in [9.17, 15) is 4.79 Å². The topological polar surface area (TPSA) is 66.3 Å². The molecule has 2 rings (SSSR count). The van der Waals surface area contributed by atoms with E-state index in [0.29, 0.717) is 6.04 Å². The Labute approximate surface area is 94.1 Å². The highest BCUT2D eigenvalue weighted by molar-refractivity contribution is 5.84. The van der Waals surface area contributed by atoms with Crippen LogP contribution in [0.3, 0.4) is 0 Å². The van der Waals surface area contributed by atoms with Crippen LogP contribution in [0.5, 0.6) is 0 Å². The van der Waals surface area contributed by atoms with Crippen LogP contribution in [0, 0.1) is 0 Å². The lowest BCUT2D eigenvalue weighted by Gasteiger charge is -2.24. The number of carboxylic acids is 1. The summed E-state index contributed by atoms with van der Waals surface area (Å²) >= 11 is 0. The fraction of sp³-hybridized carbons (Fsp3) is 0.545. The van der Waals surface area contributed by atoms with Crippen molar-refractivity contribution in [2.75, 3.05) is 11.4 Å². The van der Waals surface area contributed by atoms with Crippen LogP contribution < -0.4 is 4.90 Å². The minimum atomic E-state index is -1.03. The molecule has 86 valence electrons. The normalized spacial score (nSPS) is 20.1. The van der Waals surface area contributed by atoms with Crippen molar-refractivity contribution in [3.63, 3.8) is 0 Å². The molecule has 0 amide bonds. The van der Waals surface area contributed by atoms with Crippen LogP contribution in [0.2, 0.25) is 0 Å². The van der Waals surface area contributed by atoms with Gasteiger partial charge in [-0.25, -0.2) is 14.8 Å². The zero-order chi connectivity index (χ0) is 11.5. The number of hydrogen-bond acceptors (Lipinski definition) is 4. The molecule has 1 unspecified atom stereocenters. The van der Waals surface area contributed by atoms with Gasteiger partial charge >= 0.3 is 5.97 Å². The number of hydrogen-bond donors (Lipinski definition) is 1. The van der Waals surface area contributed by atoms with Gasteiger partial charge in [0.15, 0.2) is 5.69 Å². The molecule has 2 heterocycles. The van der Waals surface area contributed by atoms with Crippen LogP contribution in [0.15, 0.2) is 12.4 Å². The van der Waals surface area contributed by atoms with Crippen molar-refractivity contribution in [3.8, 4) is 0 Å². The number of anilines is 1. The molecule has 0 bridgehead atoms. The molecule has 1 aliphatic rings. The summed E-state index contributed by atoms with van der Waals surface area (Å²) < 4.78 is 0. The summed E-state index contributed by atoms with van der Waals surface area (Å²) in [5.41, 5.74) is -0.00371. The van der Waals surface area contributed by atoms with E-state index in [-0.39, 0.29) is 5.69 Å². The van der Waals surface area contributed by atoms with E-state index >= 15 is 0 Å². The monoisotopic (exact) mass is 221 g/mol. The van der Waals surface area contributed by atoms with Crippen molar-refractivity contribution in [2.24, 2.45) is 0 Å². The van der Waals surface area contributed by atoms with Crippen molar-refractivity contribution in [3.05, 3.63) is 18.1 Å². The standard InChI is InChI=1S/C11H15N3O2/c1-2-8-4-3-5-14(8)10-7-12-9(6-13-10)11(15)16/h6-8H,2-5H2,1H3,(H,15,16). The van der Waals surface area contributed by atoms with Gasteiger partial charge in [0.1, 0.15) is 5.82 Å². The van der Waals surface area contributed by atoms with E-state index in [0.717, 1.165) is 18.8 Å². The maximum absolute atomic E-state index is 10.6. The smallest absolute Gasteiger partial charge is 0.356 e. The van der Waals surface area contributed by atoms with Crippen LogP contribution in [0.4, 0.5) is 5.82 Å². The molecule has 1 aromatic heterocycles. The predicted octanol–water partition coefficient (Wildman–Crippen LogP) is 1.55. The van der Waals surface area contributed by atoms with Gasteiger partial charge in [-0.2, -0.15) is 0 Å². The van der Waals surface area contributed by atoms with Gasteiger partial charge in [0.25, 0.3) is 0 Å². The van der Waals surface area contributed by atoms with Gasteiger partial charge in [0.05, 0.1) is 12.4 Å². The number of carboxylic acid groups (broad SMARTS) is 1. The largest absolute Gasteiger partial charge is 0.476 e. The van der Waals surface area contributed by atoms with Gasteiger partial charge < -0.3 is 10.0 Å². The fourth-order valence-electron chi connectivity index (χ4n) is 2.14. The van der Waals surface area contributed by atoms with E-state index in [1.165, 1.54) is 19.0 Å². The molecule has 1 saturated heterocycles. The Kier molecular flexibility index (Phi) is 3.03. The minimum Gasteiger partial charge on any atom is -0.476 e. The highest BCUT2D eigenvalue weighted by atomic mass is 16.4. The second-order valence-corrected chi connectivity index (χ2v) is 3.96. The summed E-state index contributed by atoms with van der Waals surface area (Å²) in [6.45, 7) is 3.14. The van der Waals surface area contributed by atoms with Crippen LogP contribution in [0.1, 0.15) is 36.7 Å². The van der Waals surface area contributed by atoms with Crippen molar-refractivity contribution in [1.82, 2.24) is 9.97 Å². The lowest BCUT2D eigenvalue weighted by Crippen LogP contribution is -2.29. The molecule has 0 aliphatic carbocycles. The second-order valence-electron chi connectivity index (χ2n) is 3.96. The molecule has 5 heteroatoms. The van der Waals surface area contributed by atoms with Crippen molar-refractivity contribution in [1.29, 1.82) is 0 Å². The Bertz CT molecular complexity index is 377. The average molecular weight is 221 g/mol. The first-order chi connectivity index (χ1) is 7.72. The highest BCUT2D eigenvalue weighted by Gasteiger charge is 2.24. The van der Waals surface area contributed by atoms with Crippen LogP contribution in [0.25, 0.3) is 0 Å². The maximum Gasteiger partial charge on any atom is 0.356 e. The Morgan fingerprint density at radius 1 is 1.56 bits per heavy atom. The van der Waals surface area contributed by atoms with Gasteiger partial charge in [-0.1, -0.05) is 6.92 Å². The number of aromatic nitrogens is 2. The van der Waals surface area contributed by atoms with Gasteiger partial charge in [0, 0.05) is 12.6 Å². The van der Waals surface area contributed by atoms with Gasteiger partial charge in [-0.05, 0) is 19.3 Å². The first-order valence-corrected chi connectivity index (χ1v) is 5.54. The number of aromatic carboxylic acids is 1. The molecule has 0 saturated carbocycles. The van der Waals surface area contributed by atoms with Crippen molar-refractivity contribution < 1.29 is 9.90 Å². The average Bonchev–Trinajstić information content (AvgIpc) is 2.77. The molecule has 1 aromatic rings. The summed E-state index contributed by atoms with van der Waals surface area (Å²) in [6.07, 6.45) is 6.31. The Morgan fingerprint density at radius 3 is 2.94 bits per heavy atom. The minimum absolute atomic E-state index is 0.00371. The molecule has 0 spiro atoms. The number of carbonyl (C=O) groups is 1. The molecular weight excluding hydrogens is 206 g/mol. The molecule has 1 aliphatic heterocycles. The lowest BCUT2D eigenvalue weighted by molar-refractivity contribution is 0.0690. The Balaban J connectivity index is 2.18. The maximum atomic E-state index is 10.6. The molecular formula is C11H15N3O2. The highest BCUT2D eigenvalue weighted by Crippen LogP contribution is 2.24.